The number of nitrogens with one attached hydrogen (secondary N) is 6. The number of rotatable bonds is 25. The fourth-order valence-electron chi connectivity index (χ4n) is 19.2. The summed E-state index contributed by atoms with van der Waals surface area (Å²) in [5.41, 5.74) is -0.184. The third-order valence-corrected chi connectivity index (χ3v) is 23.6. The molecule has 7 fully saturated rings. The standard InChI is InChI=1S/C34H48N2O6.C28H50N2O6.C28H38N2O4/c1-31(2)21-27(33(5,6)35-31)29(37)41-19-17-39-25-13-9-23(10-14-25)24-11-15-26(16-12-24)40-18-20-42-30(38)28-22-32(3,4)36-34(28,7)8;1-25(2)17-21(27(5,6)29-25)23(31)35-15-13-33-19-9-11-20(12-10-19)34-14-16-36-24(32)22-18-26(3,4)30-28(22,7)8;1-25(2)15-21(27(5,6)29-25)23(31)33-19-11-9-18-14-20(12-10-17(18)13-19)34-24(32)22-16-26(3,4)30-28(22,7)8/h9-16,27-28,35-36H,17-22H2,1-8H3;19-22,29-30H,9-18H2,1-8H3;9-14,21-22,29-30H,15-16H2,1-8H3. The van der Waals surface area contributed by atoms with Gasteiger partial charge in [0.2, 0.25) is 0 Å². The van der Waals surface area contributed by atoms with Crippen LogP contribution in [0, 0.1) is 35.5 Å². The average molecular weight is 1560 g/mol. The van der Waals surface area contributed by atoms with Crippen LogP contribution in [-0.2, 0) is 57.2 Å². The molecule has 0 radical (unpaired) electrons. The molecule has 4 aromatic rings. The van der Waals surface area contributed by atoms with Gasteiger partial charge in [0.25, 0.3) is 0 Å². The van der Waals surface area contributed by atoms with Crippen molar-refractivity contribution in [3.63, 3.8) is 0 Å². The first-order chi connectivity index (χ1) is 51.7. The molecule has 0 spiro atoms. The smallest absolute Gasteiger partial charge is 0.316 e. The van der Waals surface area contributed by atoms with Gasteiger partial charge in [-0.25, -0.2) is 0 Å². The zero-order valence-electron chi connectivity index (χ0n) is 72.0. The monoisotopic (exact) mass is 1560 g/mol. The van der Waals surface area contributed by atoms with Gasteiger partial charge in [0.15, 0.2) is 0 Å². The second-order valence-electron chi connectivity index (χ2n) is 40.0. The third-order valence-electron chi connectivity index (χ3n) is 23.6. The lowest BCUT2D eigenvalue weighted by molar-refractivity contribution is -0.154. The van der Waals surface area contributed by atoms with E-state index in [9.17, 15) is 28.8 Å². The van der Waals surface area contributed by atoms with E-state index in [0.717, 1.165) is 86.1 Å². The highest BCUT2D eigenvalue weighted by atomic mass is 16.6. The predicted octanol–water partition coefficient (Wildman–Crippen LogP) is 14.3. The Morgan fingerprint density at radius 1 is 0.277 bits per heavy atom. The van der Waals surface area contributed by atoms with Gasteiger partial charge in [-0.05, 0) is 301 Å². The minimum atomic E-state index is -0.325. The van der Waals surface area contributed by atoms with E-state index in [4.69, 9.17) is 47.4 Å². The van der Waals surface area contributed by atoms with Crippen molar-refractivity contribution in [3.05, 3.63) is 84.9 Å². The van der Waals surface area contributed by atoms with Crippen LogP contribution in [0.5, 0.6) is 23.0 Å². The van der Waals surface area contributed by atoms with E-state index in [1.54, 1.807) is 12.1 Å². The van der Waals surface area contributed by atoms with Crippen molar-refractivity contribution in [2.45, 2.75) is 309 Å². The van der Waals surface area contributed by atoms with Crippen LogP contribution >= 0.6 is 0 Å². The van der Waals surface area contributed by atoms with Crippen molar-refractivity contribution in [1.29, 1.82) is 0 Å². The molecule has 22 heteroatoms. The van der Waals surface area contributed by atoms with Gasteiger partial charge in [-0.15, -0.1) is 0 Å². The molecule has 6 saturated heterocycles. The van der Waals surface area contributed by atoms with Crippen molar-refractivity contribution in [1.82, 2.24) is 31.9 Å². The Bertz CT molecular complexity index is 3670. The molecule has 6 unspecified atom stereocenters. The summed E-state index contributed by atoms with van der Waals surface area (Å²) in [4.78, 5) is 76.3. The van der Waals surface area contributed by atoms with Gasteiger partial charge >= 0.3 is 35.8 Å². The zero-order valence-corrected chi connectivity index (χ0v) is 72.0. The number of ether oxygens (including phenoxy) is 10. The third kappa shape index (κ3) is 24.2. The van der Waals surface area contributed by atoms with Crippen molar-refractivity contribution in [2.75, 3.05) is 52.9 Å². The molecule has 0 bridgehead atoms. The number of hydrogen-bond acceptors (Lipinski definition) is 22. The highest BCUT2D eigenvalue weighted by Crippen LogP contribution is 2.43. The van der Waals surface area contributed by atoms with Crippen LogP contribution in [0.1, 0.15) is 230 Å². The largest absolute Gasteiger partial charge is 0.490 e. The topological polar surface area (TPSA) is 267 Å². The fourth-order valence-corrected chi connectivity index (χ4v) is 19.2. The highest BCUT2D eigenvalue weighted by molar-refractivity contribution is 5.88. The minimum absolute atomic E-state index is 0.0619. The van der Waals surface area contributed by atoms with Crippen LogP contribution in [0.3, 0.4) is 0 Å². The van der Waals surface area contributed by atoms with Crippen molar-refractivity contribution >= 4 is 46.6 Å². The predicted molar refractivity (Wildman–Crippen MR) is 436 cm³/mol. The van der Waals surface area contributed by atoms with Crippen molar-refractivity contribution in [3.8, 4) is 34.1 Å². The van der Waals surface area contributed by atoms with E-state index in [0.29, 0.717) is 49.4 Å². The quantitative estimate of drug-likeness (QED) is 0.0156. The number of benzene rings is 4. The summed E-state index contributed by atoms with van der Waals surface area (Å²) in [6.07, 6.45) is 8.53. The average Bonchev–Trinajstić information content (AvgIpc) is 1.66. The molecule has 0 amide bonds. The molecule has 6 N–H and O–H groups in total. The van der Waals surface area contributed by atoms with Gasteiger partial charge in [-0.3, -0.25) is 28.8 Å². The second-order valence-corrected chi connectivity index (χ2v) is 40.0. The number of carbonyl (C=O) groups is 6. The Morgan fingerprint density at radius 2 is 0.491 bits per heavy atom. The summed E-state index contributed by atoms with van der Waals surface area (Å²) in [6.45, 7) is 52.3. The van der Waals surface area contributed by atoms with Gasteiger partial charge in [-0.1, -0.05) is 36.4 Å². The Kier molecular flexibility index (Phi) is 27.5. The number of fused-ring (bicyclic) bond motifs is 1. The summed E-state index contributed by atoms with van der Waals surface area (Å²) >= 11 is 0. The van der Waals surface area contributed by atoms with Crippen LogP contribution in [0.4, 0.5) is 0 Å². The first kappa shape index (κ1) is 89.2. The van der Waals surface area contributed by atoms with Crippen molar-refractivity contribution in [2.24, 2.45) is 35.5 Å². The second kappa shape index (κ2) is 34.6. The van der Waals surface area contributed by atoms with Crippen LogP contribution in [0.25, 0.3) is 21.9 Å². The molecule has 6 heterocycles. The van der Waals surface area contributed by atoms with Crippen LogP contribution in [-0.4, -0.2) is 167 Å². The van der Waals surface area contributed by atoms with Gasteiger partial charge in [0, 0.05) is 66.5 Å². The molecule has 112 heavy (non-hydrogen) atoms. The molecule has 7 aliphatic rings. The lowest BCUT2D eigenvalue weighted by Crippen LogP contribution is -2.47. The van der Waals surface area contributed by atoms with Gasteiger partial charge in [0.05, 0.1) is 60.9 Å². The van der Waals surface area contributed by atoms with E-state index in [1.165, 1.54) is 0 Å². The molecule has 4 aromatic carbocycles. The summed E-state index contributed by atoms with van der Waals surface area (Å²) in [7, 11) is 0. The maximum atomic E-state index is 12.9. The highest BCUT2D eigenvalue weighted by Gasteiger charge is 2.54. The van der Waals surface area contributed by atoms with Crippen LogP contribution in [0.2, 0.25) is 0 Å². The van der Waals surface area contributed by atoms with E-state index in [-0.39, 0.29) is 176 Å². The number of esters is 6. The minimum Gasteiger partial charge on any atom is -0.490 e. The first-order valence-electron chi connectivity index (χ1n) is 40.8. The fraction of sp³-hybridized carbons (Fsp3) is 0.689. The lowest BCUT2D eigenvalue weighted by Gasteiger charge is -2.29. The van der Waals surface area contributed by atoms with Gasteiger partial charge in [0.1, 0.15) is 62.6 Å². The van der Waals surface area contributed by atoms with Crippen LogP contribution in [0.15, 0.2) is 84.9 Å². The zero-order chi connectivity index (χ0) is 82.6. The lowest BCUT2D eigenvalue weighted by atomic mass is 9.87. The summed E-state index contributed by atoms with van der Waals surface area (Å²) in [5.74, 6) is 0.287. The molecule has 622 valence electrons. The molecule has 11 rings (SSSR count). The summed E-state index contributed by atoms with van der Waals surface area (Å²) in [6, 6.07) is 26.7. The first-order valence-corrected chi connectivity index (χ1v) is 40.8. The van der Waals surface area contributed by atoms with Gasteiger partial charge in [-0.2, -0.15) is 0 Å². The molecule has 0 aromatic heterocycles. The van der Waals surface area contributed by atoms with E-state index in [2.05, 4.69) is 143 Å². The molecule has 1 saturated carbocycles. The summed E-state index contributed by atoms with van der Waals surface area (Å²) in [5, 5.41) is 22.9. The van der Waals surface area contributed by atoms with Gasteiger partial charge < -0.3 is 79.3 Å². The molecule has 1 aliphatic carbocycles. The molecule has 6 atom stereocenters. The Labute approximate surface area is 667 Å². The van der Waals surface area contributed by atoms with E-state index >= 15 is 0 Å². The number of hydrogen-bond donors (Lipinski definition) is 6. The Balaban J connectivity index is 0.000000194. The summed E-state index contributed by atoms with van der Waals surface area (Å²) < 4.78 is 57.2. The SMILES string of the molecule is CC1(C)CC(C(=O)OCCOC2CCC(OCCOC(=O)C3CC(C)(C)NC3(C)C)CC2)C(C)(C)N1.CC1(C)CC(C(=O)OCCOc2ccc(-c3ccc(OCCOC(=O)C4CC(C)(C)NC4(C)C)cc3)cc2)C(C)(C)N1.CC1(C)CC(C(=O)Oc2ccc3cc(OC(=O)C4CC(C)(C)NC4(C)C)ccc3c2)C(C)(C)N1. The molecule has 22 nitrogen and oxygen atoms in total. The maximum absolute atomic E-state index is 12.9. The van der Waals surface area contributed by atoms with Crippen LogP contribution < -0.4 is 50.8 Å². The normalized spacial score (nSPS) is 27.1. The molecule has 6 aliphatic heterocycles. The molecular formula is C90H136N6O16. The van der Waals surface area contributed by atoms with E-state index < -0.39 is 0 Å². The Hall–Kier alpha value is -6.76. The maximum Gasteiger partial charge on any atom is 0.316 e. The Morgan fingerprint density at radius 3 is 0.714 bits per heavy atom. The number of carbonyl (C=O) groups excluding carboxylic acids is 6. The molecular weight excluding hydrogens is 1420 g/mol. The van der Waals surface area contributed by atoms with Crippen molar-refractivity contribution < 1.29 is 76.1 Å². The van der Waals surface area contributed by atoms with E-state index in [1.807, 2.05) is 128 Å².